The van der Waals surface area contributed by atoms with Crippen molar-refractivity contribution in [3.8, 4) is 11.6 Å². The van der Waals surface area contributed by atoms with Gasteiger partial charge in [-0.2, -0.15) is 0 Å². The van der Waals surface area contributed by atoms with Crippen LogP contribution in [0.3, 0.4) is 0 Å². The maximum atomic E-state index is 11.0. The number of anilines is 1. The van der Waals surface area contributed by atoms with Crippen LogP contribution in [0, 0.1) is 0 Å². The van der Waals surface area contributed by atoms with Crippen molar-refractivity contribution in [1.82, 2.24) is 9.97 Å². The van der Waals surface area contributed by atoms with Crippen molar-refractivity contribution in [2.45, 2.75) is 0 Å². The van der Waals surface area contributed by atoms with Crippen LogP contribution in [-0.2, 0) is 0 Å². The number of phenols is 1. The Hall–Kier alpha value is -3.35. The van der Waals surface area contributed by atoms with Crippen molar-refractivity contribution >= 4 is 22.7 Å². The third-order valence-corrected chi connectivity index (χ3v) is 3.33. The summed E-state index contributed by atoms with van der Waals surface area (Å²) in [5, 5.41) is 21.5. The lowest BCUT2D eigenvalue weighted by molar-refractivity contribution is 0.0694. The first-order valence-electron chi connectivity index (χ1n) is 7.28. The summed E-state index contributed by atoms with van der Waals surface area (Å²) in [5.41, 5.74) is 1.99. The van der Waals surface area contributed by atoms with Crippen molar-refractivity contribution in [3.63, 3.8) is 0 Å². The summed E-state index contributed by atoms with van der Waals surface area (Å²) in [4.78, 5) is 19.6. The molecule has 1 aromatic heterocycles. The summed E-state index contributed by atoms with van der Waals surface area (Å²) in [6, 6.07) is 11.8. The number of hydrogen-bond acceptors (Lipinski definition) is 6. The molecule has 122 valence electrons. The minimum atomic E-state index is -1.18. The van der Waals surface area contributed by atoms with Crippen LogP contribution in [0.25, 0.3) is 11.0 Å². The molecule has 0 unspecified atom stereocenters. The van der Waals surface area contributed by atoms with E-state index in [-0.39, 0.29) is 11.3 Å². The molecule has 3 rings (SSSR count). The number of nitrogens with zero attached hydrogens (tertiary/aromatic N) is 2. The monoisotopic (exact) mass is 325 g/mol. The lowest BCUT2D eigenvalue weighted by atomic mass is 10.2. The van der Waals surface area contributed by atoms with E-state index in [1.165, 1.54) is 12.1 Å². The van der Waals surface area contributed by atoms with E-state index >= 15 is 0 Å². The number of rotatable bonds is 6. The quantitative estimate of drug-likeness (QED) is 0.472. The van der Waals surface area contributed by atoms with Crippen LogP contribution in [0.2, 0.25) is 0 Å². The number of aromatic nitrogens is 2. The van der Waals surface area contributed by atoms with Gasteiger partial charge in [0.2, 0.25) is 5.88 Å². The second-order valence-corrected chi connectivity index (χ2v) is 5.01. The van der Waals surface area contributed by atoms with E-state index in [1.807, 2.05) is 24.3 Å². The van der Waals surface area contributed by atoms with Crippen molar-refractivity contribution < 1.29 is 19.7 Å². The number of benzene rings is 2. The van der Waals surface area contributed by atoms with E-state index in [0.29, 0.717) is 24.7 Å². The van der Waals surface area contributed by atoms with Gasteiger partial charge in [0.05, 0.1) is 17.2 Å². The lowest BCUT2D eigenvalue weighted by Crippen LogP contribution is -2.12. The number of hydrogen-bond donors (Lipinski definition) is 3. The molecule has 0 amide bonds. The van der Waals surface area contributed by atoms with Crippen molar-refractivity contribution in [1.29, 1.82) is 0 Å². The van der Waals surface area contributed by atoms with Crippen molar-refractivity contribution in [2.24, 2.45) is 0 Å². The number of carboxylic acids is 1. The summed E-state index contributed by atoms with van der Waals surface area (Å²) in [6.07, 6.45) is 1.56. The predicted octanol–water partition coefficient (Wildman–Crippen LogP) is 2.52. The van der Waals surface area contributed by atoms with Gasteiger partial charge in [-0.05, 0) is 30.3 Å². The first-order chi connectivity index (χ1) is 11.6. The van der Waals surface area contributed by atoms with Crippen molar-refractivity contribution in [2.75, 3.05) is 18.5 Å². The fraction of sp³-hybridized carbons (Fsp3) is 0.118. The van der Waals surface area contributed by atoms with E-state index in [4.69, 9.17) is 9.84 Å². The van der Waals surface area contributed by atoms with E-state index in [1.54, 1.807) is 12.3 Å². The fourth-order valence-electron chi connectivity index (χ4n) is 2.18. The van der Waals surface area contributed by atoms with Crippen LogP contribution in [-0.4, -0.2) is 39.3 Å². The normalized spacial score (nSPS) is 10.5. The predicted molar refractivity (Wildman–Crippen MR) is 88.6 cm³/mol. The maximum Gasteiger partial charge on any atom is 0.339 e. The van der Waals surface area contributed by atoms with Gasteiger partial charge in [-0.25, -0.2) is 14.8 Å². The van der Waals surface area contributed by atoms with E-state index in [9.17, 15) is 9.90 Å². The highest BCUT2D eigenvalue weighted by Gasteiger charge is 2.09. The molecule has 0 saturated carbocycles. The molecule has 7 heteroatoms. The topological polar surface area (TPSA) is 105 Å². The molecule has 2 aromatic carbocycles. The molecule has 0 atom stereocenters. The first-order valence-corrected chi connectivity index (χ1v) is 7.28. The minimum absolute atomic E-state index is 0.152. The Morgan fingerprint density at radius 3 is 2.75 bits per heavy atom. The van der Waals surface area contributed by atoms with E-state index in [2.05, 4.69) is 15.3 Å². The van der Waals surface area contributed by atoms with E-state index < -0.39 is 5.97 Å². The smallest absolute Gasteiger partial charge is 0.339 e. The Balaban J connectivity index is 1.56. The molecule has 0 fully saturated rings. The molecule has 0 aliphatic rings. The van der Waals surface area contributed by atoms with Crippen LogP contribution in [0.5, 0.6) is 11.6 Å². The molecule has 7 nitrogen and oxygen atoms in total. The van der Waals surface area contributed by atoms with Gasteiger partial charge >= 0.3 is 5.97 Å². The van der Waals surface area contributed by atoms with E-state index in [0.717, 1.165) is 11.0 Å². The molecule has 3 N–H and O–H groups in total. The zero-order chi connectivity index (χ0) is 16.9. The number of aromatic hydroxyl groups is 1. The summed E-state index contributed by atoms with van der Waals surface area (Å²) < 4.78 is 5.54. The minimum Gasteiger partial charge on any atom is -0.507 e. The van der Waals surface area contributed by atoms with Gasteiger partial charge in [0.25, 0.3) is 0 Å². The van der Waals surface area contributed by atoms with Crippen LogP contribution in [0.15, 0.2) is 48.7 Å². The zero-order valence-electron chi connectivity index (χ0n) is 12.6. The summed E-state index contributed by atoms with van der Waals surface area (Å²) in [7, 11) is 0. The fourth-order valence-corrected chi connectivity index (χ4v) is 2.18. The Labute approximate surface area is 137 Å². The molecule has 0 spiro atoms. The van der Waals surface area contributed by atoms with Gasteiger partial charge in [-0.1, -0.05) is 12.1 Å². The Morgan fingerprint density at radius 2 is 1.96 bits per heavy atom. The Bertz CT molecular complexity index is 883. The highest BCUT2D eigenvalue weighted by Crippen LogP contribution is 2.21. The number of fused-ring (bicyclic) bond motifs is 1. The average Bonchev–Trinajstić information content (AvgIpc) is 2.59. The SMILES string of the molecule is O=C(O)c1cc(NCCOc2cnc3ccccc3n2)ccc1O. The molecule has 0 saturated heterocycles. The van der Waals surface area contributed by atoms with Crippen LogP contribution >= 0.6 is 0 Å². The Kier molecular flexibility index (Phi) is 4.42. The van der Waals surface area contributed by atoms with Crippen molar-refractivity contribution in [3.05, 3.63) is 54.2 Å². The van der Waals surface area contributed by atoms with Gasteiger partial charge in [0.15, 0.2) is 0 Å². The van der Waals surface area contributed by atoms with Gasteiger partial charge in [0.1, 0.15) is 17.9 Å². The standard InChI is InChI=1S/C17H15N3O4/c21-15-6-5-11(9-12(15)17(22)23)18-7-8-24-16-10-19-13-3-1-2-4-14(13)20-16/h1-6,9-10,18,21H,7-8H2,(H,22,23). The molecular weight excluding hydrogens is 310 g/mol. The first kappa shape index (κ1) is 15.5. The van der Waals surface area contributed by atoms with Gasteiger partial charge in [0, 0.05) is 12.2 Å². The van der Waals surface area contributed by atoms with Crippen LogP contribution in [0.1, 0.15) is 10.4 Å². The van der Waals surface area contributed by atoms with Gasteiger partial charge in [-0.15, -0.1) is 0 Å². The highest BCUT2D eigenvalue weighted by molar-refractivity contribution is 5.92. The third-order valence-electron chi connectivity index (χ3n) is 3.33. The average molecular weight is 325 g/mol. The Morgan fingerprint density at radius 1 is 1.17 bits per heavy atom. The molecule has 0 aliphatic carbocycles. The summed E-state index contributed by atoms with van der Waals surface area (Å²) in [5.74, 6) is -1.03. The summed E-state index contributed by atoms with van der Waals surface area (Å²) in [6.45, 7) is 0.772. The molecule has 3 aromatic rings. The molecule has 24 heavy (non-hydrogen) atoms. The largest absolute Gasteiger partial charge is 0.507 e. The second-order valence-electron chi connectivity index (χ2n) is 5.01. The number of para-hydroxylation sites is 2. The number of carbonyl (C=O) groups is 1. The second kappa shape index (κ2) is 6.82. The zero-order valence-corrected chi connectivity index (χ0v) is 12.6. The highest BCUT2D eigenvalue weighted by atomic mass is 16.5. The number of nitrogens with one attached hydrogen (secondary N) is 1. The number of aromatic carboxylic acids is 1. The molecule has 0 radical (unpaired) electrons. The van der Waals surface area contributed by atoms with Gasteiger partial charge < -0.3 is 20.3 Å². The van der Waals surface area contributed by atoms with Crippen LogP contribution < -0.4 is 10.1 Å². The maximum absolute atomic E-state index is 11.0. The number of carboxylic acid groups (broad SMARTS) is 1. The van der Waals surface area contributed by atoms with Crippen LogP contribution in [0.4, 0.5) is 5.69 Å². The number of ether oxygens (including phenoxy) is 1. The molecular formula is C17H15N3O4. The molecule has 0 bridgehead atoms. The van der Waals surface area contributed by atoms with Gasteiger partial charge in [-0.3, -0.25) is 0 Å². The molecule has 0 aliphatic heterocycles. The lowest BCUT2D eigenvalue weighted by Gasteiger charge is -2.09. The molecule has 1 heterocycles. The summed E-state index contributed by atoms with van der Waals surface area (Å²) >= 11 is 0. The third kappa shape index (κ3) is 3.52.